The second-order valence-electron chi connectivity index (χ2n) is 2.11. The average molecular weight is 228 g/mol. The highest BCUT2D eigenvalue weighted by atomic mass is 79.9. The van der Waals surface area contributed by atoms with Crippen LogP contribution in [-0.2, 0) is 0 Å². The first-order valence-corrected chi connectivity index (χ1v) is 3.77. The van der Waals surface area contributed by atoms with Crippen LogP contribution in [0.4, 0.5) is 4.39 Å². The number of halogens is 2. The fraction of sp³-hybridized carbons (Fsp3) is 0.143. The molecule has 0 spiro atoms. The van der Waals surface area contributed by atoms with E-state index in [9.17, 15) is 4.39 Å². The van der Waals surface area contributed by atoms with E-state index < -0.39 is 5.79 Å². The topological polar surface area (TPSA) is 59.6 Å². The Labute approximate surface area is 76.9 Å². The van der Waals surface area contributed by atoms with Crippen LogP contribution >= 0.6 is 15.9 Å². The molecule has 3 nitrogen and oxygen atoms in total. The van der Waals surface area contributed by atoms with Gasteiger partial charge in [-0.25, -0.2) is 0 Å². The molecule has 0 radical (unpaired) electrons. The molecule has 1 N–H and O–H groups in total. The van der Waals surface area contributed by atoms with Gasteiger partial charge in [0.05, 0.1) is 0 Å². The molecular formula is C7H3BrFN3. The minimum absolute atomic E-state index is 0.251. The molecule has 60 valence electrons. The summed E-state index contributed by atoms with van der Waals surface area (Å²) in [4.78, 5) is 0. The second kappa shape index (κ2) is 2.96. The van der Waals surface area contributed by atoms with Gasteiger partial charge in [-0.2, -0.15) is 14.9 Å². The van der Waals surface area contributed by atoms with E-state index in [-0.39, 0.29) is 5.57 Å². The van der Waals surface area contributed by atoms with Gasteiger partial charge in [-0.05, 0) is 22.0 Å². The van der Waals surface area contributed by atoms with Crippen LogP contribution in [0.3, 0.4) is 0 Å². The smallest absolute Gasteiger partial charge is 0.302 e. The van der Waals surface area contributed by atoms with Crippen molar-refractivity contribution in [3.8, 4) is 12.1 Å². The Morgan fingerprint density at radius 1 is 1.58 bits per heavy atom. The van der Waals surface area contributed by atoms with E-state index >= 15 is 0 Å². The maximum Gasteiger partial charge on any atom is 0.302 e. The normalized spacial score (nSPS) is 27.3. The molecule has 0 amide bonds. The fourth-order valence-electron chi connectivity index (χ4n) is 0.727. The lowest BCUT2D eigenvalue weighted by atomic mass is 10.1. The second-order valence-corrected chi connectivity index (χ2v) is 3.03. The summed E-state index contributed by atoms with van der Waals surface area (Å²) in [5.41, 5.74) is -0.251. The van der Waals surface area contributed by atoms with Crippen LogP contribution in [0, 0.1) is 22.7 Å². The molecule has 5 heteroatoms. The summed E-state index contributed by atoms with van der Waals surface area (Å²) in [7, 11) is 0. The van der Waals surface area contributed by atoms with Crippen molar-refractivity contribution in [2.24, 2.45) is 0 Å². The Kier molecular flexibility index (Phi) is 2.16. The SMILES string of the molecule is N#CC1=CC(Br)=CNC1(F)C#N. The molecule has 1 aliphatic heterocycles. The van der Waals surface area contributed by atoms with E-state index in [1.165, 1.54) is 18.3 Å². The number of dihydropyridines is 1. The summed E-state index contributed by atoms with van der Waals surface area (Å²) in [6, 6.07) is 2.97. The predicted molar refractivity (Wildman–Crippen MR) is 43.3 cm³/mol. The Hall–Kier alpha value is -1.33. The molecular weight excluding hydrogens is 225 g/mol. The number of hydrogen-bond acceptors (Lipinski definition) is 3. The molecule has 1 rings (SSSR count). The molecule has 12 heavy (non-hydrogen) atoms. The molecule has 1 unspecified atom stereocenters. The van der Waals surface area contributed by atoms with Crippen LogP contribution in [-0.4, -0.2) is 5.79 Å². The summed E-state index contributed by atoms with van der Waals surface area (Å²) in [5.74, 6) is -2.38. The van der Waals surface area contributed by atoms with Crippen molar-refractivity contribution in [3.05, 3.63) is 22.3 Å². The molecule has 0 aromatic heterocycles. The highest BCUT2D eigenvalue weighted by Gasteiger charge is 2.35. The lowest BCUT2D eigenvalue weighted by Gasteiger charge is -2.20. The van der Waals surface area contributed by atoms with Gasteiger partial charge >= 0.3 is 5.79 Å². The van der Waals surface area contributed by atoms with Gasteiger partial charge in [0.15, 0.2) is 0 Å². The zero-order chi connectivity index (χ0) is 9.19. The first-order chi connectivity index (χ1) is 5.62. The van der Waals surface area contributed by atoms with Crippen LogP contribution in [0.2, 0.25) is 0 Å². The van der Waals surface area contributed by atoms with E-state index in [4.69, 9.17) is 10.5 Å². The number of hydrogen-bond donors (Lipinski definition) is 1. The molecule has 1 heterocycles. The Balaban J connectivity index is 3.12. The van der Waals surface area contributed by atoms with Crippen molar-refractivity contribution < 1.29 is 4.39 Å². The third-order valence-electron chi connectivity index (χ3n) is 1.34. The molecule has 1 atom stereocenters. The maximum absolute atomic E-state index is 13.3. The third-order valence-corrected chi connectivity index (χ3v) is 1.79. The van der Waals surface area contributed by atoms with E-state index in [2.05, 4.69) is 21.2 Å². The molecule has 0 fully saturated rings. The first kappa shape index (κ1) is 8.76. The summed E-state index contributed by atoms with van der Waals surface area (Å²) in [6.45, 7) is 0. The monoisotopic (exact) mass is 227 g/mol. The summed E-state index contributed by atoms with van der Waals surface area (Å²) >= 11 is 3.05. The molecule has 1 aliphatic rings. The Morgan fingerprint density at radius 3 is 2.75 bits per heavy atom. The van der Waals surface area contributed by atoms with Gasteiger partial charge in [0.1, 0.15) is 17.7 Å². The van der Waals surface area contributed by atoms with Gasteiger partial charge in [0.2, 0.25) is 0 Å². The molecule has 0 bridgehead atoms. The number of nitrogens with one attached hydrogen (secondary N) is 1. The molecule has 0 aromatic rings. The van der Waals surface area contributed by atoms with Crippen LogP contribution in [0.15, 0.2) is 22.3 Å². The van der Waals surface area contributed by atoms with Crippen molar-refractivity contribution in [2.45, 2.75) is 5.79 Å². The lowest BCUT2D eigenvalue weighted by molar-refractivity contribution is 0.261. The van der Waals surface area contributed by atoms with E-state index in [0.29, 0.717) is 4.48 Å². The summed E-state index contributed by atoms with van der Waals surface area (Å²) in [5, 5.41) is 19.1. The van der Waals surface area contributed by atoms with Crippen LogP contribution in [0.25, 0.3) is 0 Å². The largest absolute Gasteiger partial charge is 0.343 e. The summed E-state index contributed by atoms with van der Waals surface area (Å²) in [6.07, 6.45) is 2.55. The average Bonchev–Trinajstić information content (AvgIpc) is 2.09. The van der Waals surface area contributed by atoms with Gasteiger partial charge < -0.3 is 5.32 Å². The quantitative estimate of drug-likeness (QED) is 0.638. The molecule has 0 aromatic carbocycles. The Bertz CT molecular complexity index is 347. The van der Waals surface area contributed by atoms with Crippen molar-refractivity contribution in [3.63, 3.8) is 0 Å². The van der Waals surface area contributed by atoms with Gasteiger partial charge in [0, 0.05) is 10.7 Å². The first-order valence-electron chi connectivity index (χ1n) is 2.98. The van der Waals surface area contributed by atoms with Crippen LogP contribution < -0.4 is 5.32 Å². The van der Waals surface area contributed by atoms with Gasteiger partial charge in [-0.1, -0.05) is 0 Å². The van der Waals surface area contributed by atoms with Gasteiger partial charge in [-0.15, -0.1) is 0 Å². The van der Waals surface area contributed by atoms with Crippen LogP contribution in [0.5, 0.6) is 0 Å². The zero-order valence-electron chi connectivity index (χ0n) is 5.81. The van der Waals surface area contributed by atoms with Crippen molar-refractivity contribution in [1.29, 1.82) is 10.5 Å². The van der Waals surface area contributed by atoms with Crippen molar-refractivity contribution in [1.82, 2.24) is 5.32 Å². The minimum atomic E-state index is -2.38. The number of allylic oxidation sites excluding steroid dienone is 2. The number of rotatable bonds is 0. The number of alkyl halides is 1. The predicted octanol–water partition coefficient (Wildman–Crippen LogP) is 1.47. The Morgan fingerprint density at radius 2 is 2.25 bits per heavy atom. The van der Waals surface area contributed by atoms with E-state index in [0.717, 1.165) is 0 Å². The fourth-order valence-corrected chi connectivity index (χ4v) is 1.07. The van der Waals surface area contributed by atoms with E-state index in [1.807, 2.05) is 0 Å². The minimum Gasteiger partial charge on any atom is -0.343 e. The number of nitrogens with zero attached hydrogens (tertiary/aromatic N) is 2. The van der Waals surface area contributed by atoms with Gasteiger partial charge in [-0.3, -0.25) is 0 Å². The van der Waals surface area contributed by atoms with Crippen molar-refractivity contribution >= 4 is 15.9 Å². The van der Waals surface area contributed by atoms with Crippen molar-refractivity contribution in [2.75, 3.05) is 0 Å². The number of nitriles is 2. The zero-order valence-corrected chi connectivity index (χ0v) is 7.39. The highest BCUT2D eigenvalue weighted by molar-refractivity contribution is 9.11. The summed E-state index contributed by atoms with van der Waals surface area (Å²) < 4.78 is 13.8. The molecule has 0 aliphatic carbocycles. The van der Waals surface area contributed by atoms with Gasteiger partial charge in [0.25, 0.3) is 0 Å². The van der Waals surface area contributed by atoms with E-state index in [1.54, 1.807) is 6.07 Å². The van der Waals surface area contributed by atoms with Crippen LogP contribution in [0.1, 0.15) is 0 Å². The highest BCUT2D eigenvalue weighted by Crippen LogP contribution is 2.25. The maximum atomic E-state index is 13.3. The lowest BCUT2D eigenvalue weighted by Crippen LogP contribution is -2.39. The third kappa shape index (κ3) is 1.32. The molecule has 0 saturated heterocycles. The molecule has 0 saturated carbocycles. The standard InChI is InChI=1S/C7H3BrFN3/c8-6-1-5(2-10)7(9,4-11)12-3-6/h1,3,12H.